The second-order valence-electron chi connectivity index (χ2n) is 4.15. The van der Waals surface area contributed by atoms with E-state index in [1.54, 1.807) is 0 Å². The van der Waals surface area contributed by atoms with Gasteiger partial charge in [0.2, 0.25) is 0 Å². The van der Waals surface area contributed by atoms with Crippen LogP contribution in [0.2, 0.25) is 0 Å². The van der Waals surface area contributed by atoms with Crippen LogP contribution < -0.4 is 0 Å². The Bertz CT molecular complexity index is 177. The van der Waals surface area contributed by atoms with Crippen LogP contribution in [-0.4, -0.2) is 12.1 Å². The van der Waals surface area contributed by atoms with Gasteiger partial charge in [0.15, 0.2) is 0 Å². The normalized spacial score (nSPS) is 30.2. The lowest BCUT2D eigenvalue weighted by Crippen LogP contribution is -2.11. The Morgan fingerprint density at radius 3 is 2.69 bits per heavy atom. The van der Waals surface area contributed by atoms with Crippen molar-refractivity contribution in [3.63, 3.8) is 0 Å². The summed E-state index contributed by atoms with van der Waals surface area (Å²) in [5.41, 5.74) is 0. The topological polar surface area (TPSA) is 26.3 Å². The number of cyclic esters (lactones) is 1. The Morgan fingerprint density at radius 2 is 2.23 bits per heavy atom. The molecule has 2 nitrogen and oxygen atoms in total. The van der Waals surface area contributed by atoms with Gasteiger partial charge in [0.25, 0.3) is 0 Å². The summed E-state index contributed by atoms with van der Waals surface area (Å²) >= 11 is 0. The Kier molecular flexibility index (Phi) is 3.76. The van der Waals surface area contributed by atoms with Gasteiger partial charge >= 0.3 is 5.97 Å². The molecule has 3 atom stereocenters. The minimum atomic E-state index is 0.0344. The lowest BCUT2D eigenvalue weighted by atomic mass is 9.91. The molecule has 1 fully saturated rings. The molecule has 0 spiro atoms. The second kappa shape index (κ2) is 4.64. The van der Waals surface area contributed by atoms with Gasteiger partial charge in [-0.15, -0.1) is 0 Å². The second-order valence-corrected chi connectivity index (χ2v) is 4.15. The highest BCUT2D eigenvalue weighted by Gasteiger charge is 2.33. The van der Waals surface area contributed by atoms with Crippen molar-refractivity contribution < 1.29 is 9.53 Å². The predicted octanol–water partition coefficient (Wildman–Crippen LogP) is 2.76. The summed E-state index contributed by atoms with van der Waals surface area (Å²) in [5.74, 6) is 0.861. The maximum absolute atomic E-state index is 11.4. The third-order valence-corrected chi connectivity index (χ3v) is 3.00. The molecule has 3 unspecified atom stereocenters. The van der Waals surface area contributed by atoms with Crippen LogP contribution in [0.5, 0.6) is 0 Å². The molecule has 76 valence electrons. The third-order valence-electron chi connectivity index (χ3n) is 3.00. The molecule has 0 aromatic rings. The van der Waals surface area contributed by atoms with E-state index in [-0.39, 0.29) is 18.0 Å². The molecule has 0 aromatic carbocycles. The molecule has 0 aromatic heterocycles. The van der Waals surface area contributed by atoms with E-state index in [1.165, 1.54) is 0 Å². The Morgan fingerprint density at radius 1 is 1.54 bits per heavy atom. The largest absolute Gasteiger partial charge is 0.462 e. The van der Waals surface area contributed by atoms with Crippen LogP contribution in [0.15, 0.2) is 0 Å². The highest BCUT2D eigenvalue weighted by atomic mass is 16.5. The van der Waals surface area contributed by atoms with E-state index in [2.05, 4.69) is 20.8 Å². The van der Waals surface area contributed by atoms with E-state index in [1.807, 2.05) is 0 Å². The summed E-state index contributed by atoms with van der Waals surface area (Å²) in [7, 11) is 0. The molecule has 1 aliphatic rings. The van der Waals surface area contributed by atoms with Crippen LogP contribution in [0.3, 0.4) is 0 Å². The number of hydrogen-bond donors (Lipinski definition) is 0. The minimum absolute atomic E-state index is 0.0344. The van der Waals surface area contributed by atoms with Crippen LogP contribution in [0.1, 0.15) is 46.5 Å². The molecule has 0 amide bonds. The molecule has 1 saturated heterocycles. The molecule has 1 heterocycles. The first-order valence-corrected chi connectivity index (χ1v) is 5.37. The molecule has 0 bridgehead atoms. The lowest BCUT2D eigenvalue weighted by molar-refractivity contribution is -0.144. The molecule has 0 N–H and O–H groups in total. The quantitative estimate of drug-likeness (QED) is 0.628. The molecule has 0 saturated carbocycles. The zero-order valence-corrected chi connectivity index (χ0v) is 8.88. The van der Waals surface area contributed by atoms with Crippen molar-refractivity contribution in [3.05, 3.63) is 0 Å². The number of ether oxygens (including phenoxy) is 1. The number of carbonyl (C=O) groups excluding carboxylic acids is 1. The predicted molar refractivity (Wildman–Crippen MR) is 52.4 cm³/mol. The Hall–Kier alpha value is -0.530. The smallest absolute Gasteiger partial charge is 0.309 e. The van der Waals surface area contributed by atoms with Crippen molar-refractivity contribution in [2.45, 2.75) is 52.6 Å². The summed E-state index contributed by atoms with van der Waals surface area (Å²) < 4.78 is 5.23. The van der Waals surface area contributed by atoms with Gasteiger partial charge < -0.3 is 4.74 Å². The van der Waals surface area contributed by atoms with E-state index in [9.17, 15) is 4.79 Å². The first kappa shape index (κ1) is 10.6. The number of esters is 1. The van der Waals surface area contributed by atoms with Gasteiger partial charge in [-0.25, -0.2) is 0 Å². The van der Waals surface area contributed by atoms with Gasteiger partial charge in [-0.05, 0) is 25.2 Å². The molecule has 0 radical (unpaired) electrons. The van der Waals surface area contributed by atoms with E-state index in [0.717, 1.165) is 25.7 Å². The van der Waals surface area contributed by atoms with Crippen molar-refractivity contribution in [3.8, 4) is 0 Å². The van der Waals surface area contributed by atoms with Crippen LogP contribution in [-0.2, 0) is 9.53 Å². The molecular formula is C11H20O2. The van der Waals surface area contributed by atoms with E-state index >= 15 is 0 Å². The number of hydrogen-bond acceptors (Lipinski definition) is 2. The first-order valence-electron chi connectivity index (χ1n) is 5.37. The van der Waals surface area contributed by atoms with Crippen LogP contribution in [0.25, 0.3) is 0 Å². The molecule has 1 aliphatic heterocycles. The van der Waals surface area contributed by atoms with Crippen LogP contribution in [0, 0.1) is 11.8 Å². The van der Waals surface area contributed by atoms with Gasteiger partial charge in [0.05, 0.1) is 5.92 Å². The summed E-state index contributed by atoms with van der Waals surface area (Å²) in [6.07, 6.45) is 4.26. The minimum Gasteiger partial charge on any atom is -0.462 e. The van der Waals surface area contributed by atoms with Crippen molar-refractivity contribution in [2.24, 2.45) is 11.8 Å². The maximum Gasteiger partial charge on any atom is 0.309 e. The summed E-state index contributed by atoms with van der Waals surface area (Å²) in [4.78, 5) is 11.4. The summed E-state index contributed by atoms with van der Waals surface area (Å²) in [6, 6.07) is 0. The Labute approximate surface area is 80.7 Å². The highest BCUT2D eigenvalue weighted by molar-refractivity contribution is 5.74. The summed E-state index contributed by atoms with van der Waals surface area (Å²) in [5, 5.41) is 0. The fraction of sp³-hybridized carbons (Fsp3) is 0.909. The standard InChI is InChI=1S/C11H20O2/c1-4-8(3)6-9-7-10(5-2)13-11(9)12/h8-10H,4-7H2,1-3H3. The lowest BCUT2D eigenvalue weighted by Gasteiger charge is -2.10. The SMILES string of the molecule is CCC(C)CC1CC(CC)OC1=O. The van der Waals surface area contributed by atoms with Crippen molar-refractivity contribution in [1.82, 2.24) is 0 Å². The van der Waals surface area contributed by atoms with E-state index in [4.69, 9.17) is 4.74 Å². The fourth-order valence-corrected chi connectivity index (χ4v) is 1.82. The van der Waals surface area contributed by atoms with Gasteiger partial charge in [-0.2, -0.15) is 0 Å². The number of rotatable bonds is 4. The van der Waals surface area contributed by atoms with Gasteiger partial charge in [0, 0.05) is 0 Å². The third kappa shape index (κ3) is 2.71. The van der Waals surface area contributed by atoms with Gasteiger partial charge in [-0.3, -0.25) is 4.79 Å². The Balaban J connectivity index is 2.39. The molecule has 2 heteroatoms. The summed E-state index contributed by atoms with van der Waals surface area (Å²) in [6.45, 7) is 6.44. The molecule has 1 rings (SSSR count). The molecular weight excluding hydrogens is 164 g/mol. The monoisotopic (exact) mass is 184 g/mol. The van der Waals surface area contributed by atoms with Crippen molar-refractivity contribution in [1.29, 1.82) is 0 Å². The van der Waals surface area contributed by atoms with Crippen LogP contribution >= 0.6 is 0 Å². The highest BCUT2D eigenvalue weighted by Crippen LogP contribution is 2.29. The van der Waals surface area contributed by atoms with E-state index < -0.39 is 0 Å². The maximum atomic E-state index is 11.4. The fourth-order valence-electron chi connectivity index (χ4n) is 1.82. The average molecular weight is 184 g/mol. The van der Waals surface area contributed by atoms with Gasteiger partial charge in [0.1, 0.15) is 6.10 Å². The molecule has 13 heavy (non-hydrogen) atoms. The average Bonchev–Trinajstić information content (AvgIpc) is 2.47. The number of carbonyl (C=O) groups is 1. The first-order chi connectivity index (χ1) is 6.17. The van der Waals surface area contributed by atoms with E-state index in [0.29, 0.717) is 5.92 Å². The van der Waals surface area contributed by atoms with Gasteiger partial charge in [-0.1, -0.05) is 27.2 Å². The molecule has 0 aliphatic carbocycles. The van der Waals surface area contributed by atoms with Crippen molar-refractivity contribution >= 4 is 5.97 Å². The zero-order chi connectivity index (χ0) is 9.84. The zero-order valence-electron chi connectivity index (χ0n) is 8.88. The van der Waals surface area contributed by atoms with Crippen LogP contribution in [0.4, 0.5) is 0 Å². The van der Waals surface area contributed by atoms with Crippen molar-refractivity contribution in [2.75, 3.05) is 0 Å².